The number of ether oxygens (including phenoxy) is 4. The summed E-state index contributed by atoms with van der Waals surface area (Å²) in [4.78, 5) is 22.6. The fraction of sp³-hybridized carbons (Fsp3) is 0.895. The molecule has 0 aromatic carbocycles. The SMILES string of the molecule is CCOC(=O)CC(CCCCCCCCCC(OC)(OC)OC)C(=O)O. The average Bonchev–Trinajstić information content (AvgIpc) is 2.63. The molecule has 7 nitrogen and oxygen atoms in total. The summed E-state index contributed by atoms with van der Waals surface area (Å²) in [7, 11) is 4.71. The Labute approximate surface area is 157 Å². The number of unbranched alkanes of at least 4 members (excludes halogenated alkanes) is 6. The van der Waals surface area contributed by atoms with Crippen LogP contribution >= 0.6 is 0 Å². The molecule has 0 radical (unpaired) electrons. The van der Waals surface area contributed by atoms with E-state index >= 15 is 0 Å². The van der Waals surface area contributed by atoms with E-state index in [1.165, 1.54) is 0 Å². The lowest BCUT2D eigenvalue weighted by Gasteiger charge is -2.28. The summed E-state index contributed by atoms with van der Waals surface area (Å²) in [6.45, 7) is 2.00. The first-order valence-electron chi connectivity index (χ1n) is 9.48. The molecule has 0 aliphatic carbocycles. The molecular weight excluding hydrogens is 340 g/mol. The summed E-state index contributed by atoms with van der Waals surface area (Å²) in [5, 5.41) is 9.18. The first-order valence-corrected chi connectivity index (χ1v) is 9.48. The van der Waals surface area contributed by atoms with E-state index in [9.17, 15) is 14.7 Å². The zero-order valence-electron chi connectivity index (χ0n) is 16.8. The second-order valence-corrected chi connectivity index (χ2v) is 6.35. The summed E-state index contributed by atoms with van der Waals surface area (Å²) in [6.07, 6.45) is 8.26. The highest BCUT2D eigenvalue weighted by Crippen LogP contribution is 2.22. The van der Waals surface area contributed by atoms with Crippen LogP contribution in [-0.4, -0.2) is 51.0 Å². The normalized spacial score (nSPS) is 12.8. The third kappa shape index (κ3) is 10.7. The maximum absolute atomic E-state index is 11.4. The van der Waals surface area contributed by atoms with Crippen LogP contribution in [0.5, 0.6) is 0 Å². The largest absolute Gasteiger partial charge is 0.481 e. The minimum absolute atomic E-state index is 0.0383. The van der Waals surface area contributed by atoms with Crippen LogP contribution in [0.1, 0.15) is 71.1 Å². The number of rotatable bonds is 17. The molecule has 0 saturated heterocycles. The van der Waals surface area contributed by atoms with Crippen molar-refractivity contribution in [3.05, 3.63) is 0 Å². The molecule has 1 N–H and O–H groups in total. The molecule has 0 aromatic heterocycles. The van der Waals surface area contributed by atoms with Gasteiger partial charge in [0, 0.05) is 27.8 Å². The molecule has 0 spiro atoms. The Bertz CT molecular complexity index is 372. The van der Waals surface area contributed by atoms with Crippen molar-refractivity contribution in [3.8, 4) is 0 Å². The molecule has 0 rings (SSSR count). The van der Waals surface area contributed by atoms with Gasteiger partial charge in [0.25, 0.3) is 5.97 Å². The second-order valence-electron chi connectivity index (χ2n) is 6.35. The summed E-state index contributed by atoms with van der Waals surface area (Å²) in [6, 6.07) is 0. The number of carbonyl (C=O) groups excluding carboxylic acids is 1. The van der Waals surface area contributed by atoms with Crippen molar-refractivity contribution in [1.82, 2.24) is 0 Å². The Morgan fingerprint density at radius 3 is 1.85 bits per heavy atom. The van der Waals surface area contributed by atoms with Crippen molar-refractivity contribution >= 4 is 11.9 Å². The van der Waals surface area contributed by atoms with Gasteiger partial charge in [0.15, 0.2) is 0 Å². The minimum atomic E-state index is -0.940. The van der Waals surface area contributed by atoms with Gasteiger partial charge >= 0.3 is 11.9 Å². The van der Waals surface area contributed by atoms with Gasteiger partial charge in [-0.05, 0) is 19.8 Å². The van der Waals surface area contributed by atoms with Gasteiger partial charge in [-0.1, -0.05) is 38.5 Å². The third-order valence-corrected chi connectivity index (χ3v) is 4.54. The number of aliphatic carboxylic acids is 1. The van der Waals surface area contributed by atoms with Crippen LogP contribution in [0.2, 0.25) is 0 Å². The molecule has 26 heavy (non-hydrogen) atoms. The molecule has 1 atom stereocenters. The van der Waals surface area contributed by atoms with E-state index in [0.29, 0.717) is 12.8 Å². The van der Waals surface area contributed by atoms with E-state index in [-0.39, 0.29) is 13.0 Å². The molecule has 154 valence electrons. The molecule has 0 amide bonds. The zero-order chi connectivity index (χ0) is 19.8. The highest BCUT2D eigenvalue weighted by Gasteiger charge is 2.28. The van der Waals surface area contributed by atoms with Crippen LogP contribution in [0.4, 0.5) is 0 Å². The van der Waals surface area contributed by atoms with Crippen molar-refractivity contribution in [2.45, 2.75) is 77.1 Å². The van der Waals surface area contributed by atoms with E-state index < -0.39 is 23.8 Å². The fourth-order valence-electron chi connectivity index (χ4n) is 2.91. The number of carboxylic acids is 1. The lowest BCUT2D eigenvalue weighted by atomic mass is 9.97. The number of carboxylic acid groups (broad SMARTS) is 1. The van der Waals surface area contributed by atoms with E-state index in [4.69, 9.17) is 18.9 Å². The Hall–Kier alpha value is -1.18. The van der Waals surface area contributed by atoms with Crippen LogP contribution < -0.4 is 0 Å². The number of hydrogen-bond donors (Lipinski definition) is 1. The van der Waals surface area contributed by atoms with E-state index in [0.717, 1.165) is 44.9 Å². The van der Waals surface area contributed by atoms with E-state index in [1.807, 2.05) is 0 Å². The summed E-state index contributed by atoms with van der Waals surface area (Å²) >= 11 is 0. The summed E-state index contributed by atoms with van der Waals surface area (Å²) < 4.78 is 20.6. The first kappa shape index (κ1) is 24.8. The zero-order valence-corrected chi connectivity index (χ0v) is 16.8. The van der Waals surface area contributed by atoms with Crippen molar-refractivity contribution in [2.75, 3.05) is 27.9 Å². The lowest BCUT2D eigenvalue weighted by Crippen LogP contribution is -2.35. The fourth-order valence-corrected chi connectivity index (χ4v) is 2.91. The Balaban J connectivity index is 3.76. The van der Waals surface area contributed by atoms with Gasteiger partial charge in [0.2, 0.25) is 0 Å². The molecule has 0 heterocycles. The van der Waals surface area contributed by atoms with Crippen molar-refractivity contribution in [1.29, 1.82) is 0 Å². The minimum Gasteiger partial charge on any atom is -0.481 e. The van der Waals surface area contributed by atoms with Gasteiger partial charge in [-0.3, -0.25) is 9.59 Å². The molecule has 1 unspecified atom stereocenters. The van der Waals surface area contributed by atoms with Crippen molar-refractivity contribution < 1.29 is 33.6 Å². The number of methoxy groups -OCH3 is 3. The van der Waals surface area contributed by atoms with E-state index in [1.54, 1.807) is 28.3 Å². The molecule has 0 saturated carbocycles. The second kappa shape index (κ2) is 14.9. The molecule has 0 bridgehead atoms. The van der Waals surface area contributed by atoms with Crippen LogP contribution in [-0.2, 0) is 28.5 Å². The summed E-state index contributed by atoms with van der Waals surface area (Å²) in [5.74, 6) is -2.93. The van der Waals surface area contributed by atoms with Gasteiger partial charge in [-0.2, -0.15) is 0 Å². The summed E-state index contributed by atoms with van der Waals surface area (Å²) in [5.41, 5.74) is 0. The Kier molecular flexibility index (Phi) is 14.3. The van der Waals surface area contributed by atoms with Gasteiger partial charge < -0.3 is 24.1 Å². The molecule has 0 fully saturated rings. The van der Waals surface area contributed by atoms with Gasteiger partial charge in [-0.15, -0.1) is 0 Å². The molecular formula is C19H36O7. The highest BCUT2D eigenvalue weighted by atomic mass is 16.9. The molecule has 7 heteroatoms. The number of hydrogen-bond acceptors (Lipinski definition) is 6. The van der Waals surface area contributed by atoms with Gasteiger partial charge in [-0.25, -0.2) is 0 Å². The van der Waals surface area contributed by atoms with Crippen molar-refractivity contribution in [2.24, 2.45) is 5.92 Å². The van der Waals surface area contributed by atoms with Crippen LogP contribution in [0, 0.1) is 5.92 Å². The predicted molar refractivity (Wildman–Crippen MR) is 97.7 cm³/mol. The standard InChI is InChI=1S/C19H36O7/c1-5-26-17(20)15-16(18(21)22)13-11-9-7-6-8-10-12-14-19(23-2,24-3)25-4/h16H,5-15H2,1-4H3,(H,21,22). The number of esters is 1. The third-order valence-electron chi connectivity index (χ3n) is 4.54. The maximum atomic E-state index is 11.4. The number of carbonyl (C=O) groups is 2. The average molecular weight is 376 g/mol. The predicted octanol–water partition coefficient (Wildman–Crippen LogP) is 3.74. The maximum Gasteiger partial charge on any atom is 0.307 e. The van der Waals surface area contributed by atoms with Crippen LogP contribution in [0.25, 0.3) is 0 Å². The molecule has 0 aromatic rings. The monoisotopic (exact) mass is 376 g/mol. The smallest absolute Gasteiger partial charge is 0.307 e. The van der Waals surface area contributed by atoms with Gasteiger partial charge in [0.05, 0.1) is 18.9 Å². The van der Waals surface area contributed by atoms with E-state index in [2.05, 4.69) is 0 Å². The van der Waals surface area contributed by atoms with Crippen molar-refractivity contribution in [3.63, 3.8) is 0 Å². The van der Waals surface area contributed by atoms with Crippen LogP contribution in [0.3, 0.4) is 0 Å². The molecule has 0 aliphatic heterocycles. The van der Waals surface area contributed by atoms with Crippen LogP contribution in [0.15, 0.2) is 0 Å². The topological polar surface area (TPSA) is 91.3 Å². The Morgan fingerprint density at radius 1 is 0.885 bits per heavy atom. The van der Waals surface area contributed by atoms with Gasteiger partial charge in [0.1, 0.15) is 0 Å². The highest BCUT2D eigenvalue weighted by molar-refractivity contribution is 5.78. The first-order chi connectivity index (χ1) is 12.4. The molecule has 0 aliphatic rings. The quantitative estimate of drug-likeness (QED) is 0.235. The lowest BCUT2D eigenvalue weighted by molar-refractivity contribution is -0.355. The Morgan fingerprint density at radius 2 is 1.38 bits per heavy atom.